The first-order valence-electron chi connectivity index (χ1n) is 9.58. The lowest BCUT2D eigenvalue weighted by Crippen LogP contribution is -2.56. The number of likely N-dealkylation sites (N-methyl/N-ethyl adjacent to an activating group) is 1. The van der Waals surface area contributed by atoms with Gasteiger partial charge in [0.1, 0.15) is 0 Å². The maximum atomic E-state index is 12.5. The number of nitrogens with zero attached hydrogens (tertiary/aromatic N) is 2. The van der Waals surface area contributed by atoms with Gasteiger partial charge in [-0.05, 0) is 66.9 Å². The number of halogens is 1. The van der Waals surface area contributed by atoms with Gasteiger partial charge >= 0.3 is 6.03 Å². The molecular weight excluding hydrogens is 392 g/mol. The number of urea groups is 1. The molecule has 0 radical (unpaired) electrons. The summed E-state index contributed by atoms with van der Waals surface area (Å²) in [5.74, 6) is 0.453. The first kappa shape index (κ1) is 17.9. The topological polar surface area (TPSA) is 51.4 Å². The molecule has 2 aliphatic rings. The summed E-state index contributed by atoms with van der Waals surface area (Å²) in [4.78, 5) is 20.3. The molecule has 26 heavy (non-hydrogen) atoms. The zero-order valence-electron chi connectivity index (χ0n) is 15.7. The lowest BCUT2D eigenvalue weighted by atomic mass is 9.74. The summed E-state index contributed by atoms with van der Waals surface area (Å²) in [5, 5.41) is 4.65. The second-order valence-electron chi connectivity index (χ2n) is 7.56. The lowest BCUT2D eigenvalue weighted by molar-refractivity contribution is 0.124. The number of nitrogens with one attached hydrogen (secondary N) is 2. The van der Waals surface area contributed by atoms with Crippen molar-refractivity contribution in [2.75, 3.05) is 26.7 Å². The van der Waals surface area contributed by atoms with Crippen LogP contribution in [0.2, 0.25) is 0 Å². The van der Waals surface area contributed by atoms with Gasteiger partial charge in [-0.3, -0.25) is 0 Å². The van der Waals surface area contributed by atoms with Crippen LogP contribution in [0.15, 0.2) is 22.8 Å². The third-order valence-electron chi connectivity index (χ3n) is 6.18. The number of hydrogen-bond donors (Lipinski definition) is 2. The molecule has 2 heterocycles. The molecule has 140 valence electrons. The number of carbonyl (C=O) groups excluding carboxylic acids is 1. The first-order chi connectivity index (χ1) is 12.5. The molecule has 2 aromatic rings. The van der Waals surface area contributed by atoms with Crippen LogP contribution in [0.25, 0.3) is 10.9 Å². The molecule has 3 atom stereocenters. The van der Waals surface area contributed by atoms with Gasteiger partial charge in [0.25, 0.3) is 0 Å². The predicted octanol–water partition coefficient (Wildman–Crippen LogP) is 3.69. The van der Waals surface area contributed by atoms with Crippen molar-refractivity contribution in [3.63, 3.8) is 0 Å². The van der Waals surface area contributed by atoms with Crippen LogP contribution in [0.3, 0.4) is 0 Å². The summed E-state index contributed by atoms with van der Waals surface area (Å²) in [7, 11) is 2.19. The van der Waals surface area contributed by atoms with E-state index in [-0.39, 0.29) is 12.1 Å². The molecule has 1 fully saturated rings. The molecule has 5 nitrogen and oxygen atoms in total. The van der Waals surface area contributed by atoms with E-state index in [1.54, 1.807) is 0 Å². The maximum absolute atomic E-state index is 12.5. The second kappa shape index (κ2) is 6.89. The highest BCUT2D eigenvalue weighted by molar-refractivity contribution is 9.10. The zero-order chi connectivity index (χ0) is 18.4. The van der Waals surface area contributed by atoms with E-state index in [4.69, 9.17) is 0 Å². The number of rotatable bonds is 3. The standard InChI is InChI=1S/C20H27BrN4O/c1-4-25(5-2)20(26)22-12-9-14-13-7-6-8-16-18(13)15(19(21)23-16)10-17(14)24(3)11-12/h6-8,12,14,17,23H,4-5,9-11H2,1-3H3,(H,22,26)/t12-,14?,17+/m0/s1. The van der Waals surface area contributed by atoms with Crippen LogP contribution >= 0.6 is 15.9 Å². The molecule has 1 aromatic heterocycles. The van der Waals surface area contributed by atoms with Crippen molar-refractivity contribution in [2.45, 2.75) is 44.7 Å². The zero-order valence-corrected chi connectivity index (χ0v) is 17.3. The van der Waals surface area contributed by atoms with Crippen LogP contribution in [0.5, 0.6) is 0 Å². The highest BCUT2D eigenvalue weighted by atomic mass is 79.9. The Bertz CT molecular complexity index is 829. The minimum Gasteiger partial charge on any atom is -0.349 e. The van der Waals surface area contributed by atoms with Gasteiger partial charge in [0, 0.05) is 48.5 Å². The van der Waals surface area contributed by atoms with Crippen molar-refractivity contribution in [1.82, 2.24) is 20.1 Å². The number of piperidine rings is 1. The van der Waals surface area contributed by atoms with Gasteiger partial charge in [-0.25, -0.2) is 4.79 Å². The maximum Gasteiger partial charge on any atom is 0.317 e. The highest BCUT2D eigenvalue weighted by Gasteiger charge is 2.40. The molecule has 1 saturated heterocycles. The van der Waals surface area contributed by atoms with E-state index in [1.807, 2.05) is 18.7 Å². The van der Waals surface area contributed by atoms with E-state index >= 15 is 0 Å². The van der Waals surface area contributed by atoms with Gasteiger partial charge in [0.05, 0.1) is 4.60 Å². The van der Waals surface area contributed by atoms with Crippen molar-refractivity contribution in [3.05, 3.63) is 33.9 Å². The van der Waals surface area contributed by atoms with Crippen molar-refractivity contribution < 1.29 is 4.79 Å². The summed E-state index contributed by atoms with van der Waals surface area (Å²) in [6.07, 6.45) is 2.05. The Morgan fingerprint density at radius 2 is 2.15 bits per heavy atom. The lowest BCUT2D eigenvalue weighted by Gasteiger charge is -2.46. The van der Waals surface area contributed by atoms with Crippen LogP contribution in [-0.2, 0) is 6.42 Å². The Labute approximate surface area is 163 Å². The Balaban J connectivity index is 1.63. The van der Waals surface area contributed by atoms with E-state index in [9.17, 15) is 4.79 Å². The molecule has 2 N–H and O–H groups in total. The Morgan fingerprint density at radius 1 is 1.38 bits per heavy atom. The van der Waals surface area contributed by atoms with Gasteiger partial charge < -0.3 is 20.1 Å². The Morgan fingerprint density at radius 3 is 2.88 bits per heavy atom. The van der Waals surface area contributed by atoms with Crippen molar-refractivity contribution in [3.8, 4) is 0 Å². The molecule has 6 heteroatoms. The minimum atomic E-state index is 0.0611. The number of fused-ring (bicyclic) bond motifs is 2. The summed E-state index contributed by atoms with van der Waals surface area (Å²) in [6.45, 7) is 6.45. The van der Waals surface area contributed by atoms with Gasteiger partial charge in [0.15, 0.2) is 0 Å². The predicted molar refractivity (Wildman–Crippen MR) is 109 cm³/mol. The smallest absolute Gasteiger partial charge is 0.317 e. The van der Waals surface area contributed by atoms with Crippen LogP contribution in [-0.4, -0.2) is 59.6 Å². The molecular formula is C20H27BrN4O. The first-order valence-corrected chi connectivity index (χ1v) is 10.4. The van der Waals surface area contributed by atoms with Crippen molar-refractivity contribution in [2.24, 2.45) is 0 Å². The van der Waals surface area contributed by atoms with Crippen LogP contribution < -0.4 is 5.32 Å². The molecule has 1 aliphatic heterocycles. The quantitative estimate of drug-likeness (QED) is 0.798. The van der Waals surface area contributed by atoms with Crippen molar-refractivity contribution in [1.29, 1.82) is 0 Å². The van der Waals surface area contributed by atoms with Gasteiger partial charge in [-0.2, -0.15) is 0 Å². The number of H-pyrrole nitrogens is 1. The number of amides is 2. The Kier molecular flexibility index (Phi) is 4.73. The third-order valence-corrected chi connectivity index (χ3v) is 6.85. The van der Waals surface area contributed by atoms with Gasteiger partial charge in [0.2, 0.25) is 0 Å². The van der Waals surface area contributed by atoms with E-state index in [1.165, 1.54) is 22.0 Å². The average Bonchev–Trinajstić information content (AvgIpc) is 2.94. The normalized spacial score (nSPS) is 25.2. The summed E-state index contributed by atoms with van der Waals surface area (Å²) in [6, 6.07) is 7.30. The number of carbonyl (C=O) groups is 1. The molecule has 1 unspecified atom stereocenters. The van der Waals surface area contributed by atoms with Gasteiger partial charge in [-0.1, -0.05) is 12.1 Å². The van der Waals surface area contributed by atoms with Crippen LogP contribution in [0, 0.1) is 0 Å². The van der Waals surface area contributed by atoms with Crippen LogP contribution in [0.1, 0.15) is 37.3 Å². The second-order valence-corrected chi connectivity index (χ2v) is 8.35. The minimum absolute atomic E-state index is 0.0611. The van der Waals surface area contributed by atoms with Crippen molar-refractivity contribution >= 4 is 32.9 Å². The molecule has 1 aromatic carbocycles. The third kappa shape index (κ3) is 2.83. The molecule has 2 amide bonds. The number of benzene rings is 1. The average molecular weight is 419 g/mol. The summed E-state index contributed by atoms with van der Waals surface area (Å²) in [5.41, 5.74) is 4.03. The number of likely N-dealkylation sites (tertiary alicyclic amines) is 1. The number of aromatic amines is 1. The van der Waals surface area contributed by atoms with E-state index in [2.05, 4.69) is 56.4 Å². The highest BCUT2D eigenvalue weighted by Crippen LogP contribution is 2.45. The van der Waals surface area contributed by atoms with E-state index < -0.39 is 0 Å². The van der Waals surface area contributed by atoms with E-state index in [0.29, 0.717) is 12.0 Å². The molecule has 0 bridgehead atoms. The number of aromatic nitrogens is 1. The SMILES string of the molecule is CCN(CC)C(=O)N[C@H]1CC2c3cccc4[nH]c(Br)c(c34)C[C@H]2N(C)C1. The molecule has 0 saturated carbocycles. The molecule has 1 aliphatic carbocycles. The van der Waals surface area contributed by atoms with Crippen LogP contribution in [0.4, 0.5) is 4.79 Å². The van der Waals surface area contributed by atoms with Gasteiger partial charge in [-0.15, -0.1) is 0 Å². The monoisotopic (exact) mass is 418 g/mol. The fourth-order valence-electron chi connectivity index (χ4n) is 4.87. The molecule has 4 rings (SSSR count). The fourth-order valence-corrected chi connectivity index (χ4v) is 5.44. The number of hydrogen-bond acceptors (Lipinski definition) is 2. The Hall–Kier alpha value is -1.53. The largest absolute Gasteiger partial charge is 0.349 e. The summed E-state index contributed by atoms with van der Waals surface area (Å²) >= 11 is 3.71. The summed E-state index contributed by atoms with van der Waals surface area (Å²) < 4.78 is 1.11. The van der Waals surface area contributed by atoms with E-state index in [0.717, 1.165) is 37.1 Å². The fraction of sp³-hybridized carbons (Fsp3) is 0.550. The molecule has 0 spiro atoms.